The Morgan fingerprint density at radius 2 is 1.73 bits per heavy atom. The van der Waals surface area contributed by atoms with Gasteiger partial charge in [0.05, 0.1) is 11.3 Å². The van der Waals surface area contributed by atoms with Crippen LogP contribution in [0.1, 0.15) is 33.4 Å². The van der Waals surface area contributed by atoms with E-state index in [1.165, 1.54) is 6.20 Å². The summed E-state index contributed by atoms with van der Waals surface area (Å²) < 4.78 is 55.8. The number of ether oxygens (including phenoxy) is 4. The minimum atomic E-state index is -4.09. The lowest BCUT2D eigenvalue weighted by molar-refractivity contribution is 0.171. The Hall–Kier alpha value is -4.63. The third kappa shape index (κ3) is 8.30. The van der Waals surface area contributed by atoms with Crippen LogP contribution in [0, 0.1) is 25.2 Å². The molecule has 1 N–H and O–H groups in total. The molecule has 0 saturated carbocycles. The fraction of sp³-hybridized carbons (Fsp3) is 0.294. The van der Waals surface area contributed by atoms with Crippen LogP contribution in [0.4, 0.5) is 0 Å². The molecule has 1 aromatic heterocycles. The van der Waals surface area contributed by atoms with E-state index in [9.17, 15) is 18.2 Å². The second-order valence-corrected chi connectivity index (χ2v) is 12.5. The van der Waals surface area contributed by atoms with Crippen molar-refractivity contribution in [3.63, 3.8) is 0 Å². The van der Waals surface area contributed by atoms with Gasteiger partial charge in [-0.05, 0) is 73.0 Å². The maximum atomic E-state index is 11.3. The number of pyridine rings is 1. The molecule has 0 radical (unpaired) electrons. The number of aryl methyl sites for hydroxylation is 1. The van der Waals surface area contributed by atoms with Gasteiger partial charge in [-0.3, -0.25) is 9.54 Å². The summed E-state index contributed by atoms with van der Waals surface area (Å²) >= 11 is 0. The van der Waals surface area contributed by atoms with E-state index >= 15 is 0 Å². The second-order valence-electron chi connectivity index (χ2n) is 11.0. The molecule has 4 aromatic rings. The third-order valence-corrected chi connectivity index (χ3v) is 8.23. The first-order chi connectivity index (χ1) is 21.6. The largest absolute Gasteiger partial charge is 0.488 e. The summed E-state index contributed by atoms with van der Waals surface area (Å²) in [6, 6.07) is 19.7. The van der Waals surface area contributed by atoms with E-state index in [-0.39, 0.29) is 18.9 Å². The maximum Gasteiger partial charge on any atom is 0.266 e. The number of hydrogen-bond donors (Lipinski definition) is 1. The first kappa shape index (κ1) is 31.8. The van der Waals surface area contributed by atoms with E-state index in [1.807, 2.05) is 49.4 Å². The molecule has 5 rings (SSSR count). The minimum absolute atomic E-state index is 0.142. The predicted octanol–water partition coefficient (Wildman–Crippen LogP) is 5.49. The summed E-state index contributed by atoms with van der Waals surface area (Å²) in [6.07, 6.45) is 3.13. The van der Waals surface area contributed by atoms with E-state index in [4.69, 9.17) is 18.9 Å². The molecule has 2 heterocycles. The van der Waals surface area contributed by atoms with E-state index in [2.05, 4.69) is 24.0 Å². The van der Waals surface area contributed by atoms with Crippen molar-refractivity contribution in [3.8, 4) is 40.2 Å². The lowest BCUT2D eigenvalue weighted by Gasteiger charge is -2.21. The average Bonchev–Trinajstić information content (AvgIpc) is 3.03. The SMILES string of the molecule is Cc1cc(CN(C)CCS(=O)(=O)O)c(OCc2cncc(C#N)c2)cc1OCc1cccc(-c2ccc3c(c2)OCCO3)c1C. The molecule has 0 bridgehead atoms. The summed E-state index contributed by atoms with van der Waals surface area (Å²) in [5, 5.41) is 9.24. The molecular formula is C34H35N3O7S. The van der Waals surface area contributed by atoms with Gasteiger partial charge in [-0.2, -0.15) is 13.7 Å². The quantitative estimate of drug-likeness (QED) is 0.201. The lowest BCUT2D eigenvalue weighted by Crippen LogP contribution is -2.25. The van der Waals surface area contributed by atoms with E-state index in [1.54, 1.807) is 24.2 Å². The molecule has 0 saturated heterocycles. The van der Waals surface area contributed by atoms with Crippen LogP contribution in [0.5, 0.6) is 23.0 Å². The standard InChI is InChI=1S/C34H35N3O7S/c1-23-13-29(20-37(3)9-12-45(38,39)40)33(43-21-26-14-25(17-35)18-36-19-26)16-32(23)44-22-28-5-4-6-30(24(28)2)27-7-8-31-34(15-27)42-11-10-41-31/h4-8,13-16,18-19H,9-12,20-22H2,1-3H3,(H,38,39,40). The number of nitrogens with zero attached hydrogens (tertiary/aromatic N) is 3. The van der Waals surface area contributed by atoms with Crippen LogP contribution >= 0.6 is 0 Å². The summed E-state index contributed by atoms with van der Waals surface area (Å²) in [4.78, 5) is 5.90. The van der Waals surface area contributed by atoms with Gasteiger partial charge in [0, 0.05) is 42.7 Å². The maximum absolute atomic E-state index is 11.3. The predicted molar refractivity (Wildman–Crippen MR) is 169 cm³/mol. The van der Waals surface area contributed by atoms with Crippen LogP contribution in [0.15, 0.2) is 67.0 Å². The molecule has 10 nitrogen and oxygen atoms in total. The van der Waals surface area contributed by atoms with Crippen LogP contribution < -0.4 is 18.9 Å². The normalized spacial score (nSPS) is 12.5. The highest BCUT2D eigenvalue weighted by atomic mass is 32.2. The molecule has 0 fully saturated rings. The Kier molecular flexibility index (Phi) is 9.88. The molecular weight excluding hydrogens is 594 g/mol. The average molecular weight is 630 g/mol. The molecule has 3 aromatic carbocycles. The van der Waals surface area contributed by atoms with E-state index in [0.29, 0.717) is 43.4 Å². The van der Waals surface area contributed by atoms with Crippen LogP contribution in [0.3, 0.4) is 0 Å². The number of nitriles is 1. The number of fused-ring (bicyclic) bond motifs is 1. The molecule has 1 aliphatic rings. The highest BCUT2D eigenvalue weighted by molar-refractivity contribution is 7.85. The van der Waals surface area contributed by atoms with Crippen LogP contribution in [-0.4, -0.2) is 55.4 Å². The topological polar surface area (TPSA) is 131 Å². The zero-order valence-electron chi connectivity index (χ0n) is 25.4. The van der Waals surface area contributed by atoms with Gasteiger partial charge in [-0.15, -0.1) is 0 Å². The van der Waals surface area contributed by atoms with Gasteiger partial charge in [0.25, 0.3) is 10.1 Å². The van der Waals surface area contributed by atoms with Gasteiger partial charge in [-0.1, -0.05) is 24.3 Å². The van der Waals surface area contributed by atoms with Crippen molar-refractivity contribution in [1.82, 2.24) is 9.88 Å². The molecule has 0 atom stereocenters. The second kappa shape index (κ2) is 14.0. The van der Waals surface area contributed by atoms with Crippen molar-refractivity contribution < 1.29 is 31.9 Å². The van der Waals surface area contributed by atoms with Crippen molar-refractivity contribution in [2.45, 2.75) is 33.6 Å². The molecule has 0 amide bonds. The Labute approximate surface area is 263 Å². The van der Waals surface area contributed by atoms with Gasteiger partial charge in [0.15, 0.2) is 11.5 Å². The van der Waals surface area contributed by atoms with Crippen molar-refractivity contribution >= 4 is 10.1 Å². The summed E-state index contributed by atoms with van der Waals surface area (Å²) in [5.74, 6) is 2.30. The Morgan fingerprint density at radius 3 is 2.51 bits per heavy atom. The van der Waals surface area contributed by atoms with E-state index < -0.39 is 10.1 Å². The zero-order chi connectivity index (χ0) is 32.0. The molecule has 45 heavy (non-hydrogen) atoms. The van der Waals surface area contributed by atoms with Crippen LogP contribution in [0.2, 0.25) is 0 Å². The summed E-state index contributed by atoms with van der Waals surface area (Å²) in [5.41, 5.74) is 7.08. The number of hydrogen-bond acceptors (Lipinski definition) is 9. The van der Waals surface area contributed by atoms with Crippen molar-refractivity contribution in [2.75, 3.05) is 32.6 Å². The lowest BCUT2D eigenvalue weighted by atomic mass is 9.96. The van der Waals surface area contributed by atoms with Gasteiger partial charge in [0.1, 0.15) is 44.0 Å². The summed E-state index contributed by atoms with van der Waals surface area (Å²) in [7, 11) is -2.32. The first-order valence-corrected chi connectivity index (χ1v) is 16.1. The van der Waals surface area contributed by atoms with Gasteiger partial charge >= 0.3 is 0 Å². The molecule has 0 aliphatic carbocycles. The zero-order valence-corrected chi connectivity index (χ0v) is 26.3. The summed E-state index contributed by atoms with van der Waals surface area (Å²) in [6.45, 7) is 6.09. The first-order valence-electron chi connectivity index (χ1n) is 14.4. The number of aromatic nitrogens is 1. The molecule has 0 unspecified atom stereocenters. The van der Waals surface area contributed by atoms with Crippen LogP contribution in [0.25, 0.3) is 11.1 Å². The van der Waals surface area contributed by atoms with Crippen molar-refractivity contribution in [3.05, 3.63) is 100 Å². The van der Waals surface area contributed by atoms with E-state index in [0.717, 1.165) is 50.4 Å². The van der Waals surface area contributed by atoms with Gasteiger partial charge < -0.3 is 23.8 Å². The smallest absolute Gasteiger partial charge is 0.266 e. The molecule has 1 aliphatic heterocycles. The molecule has 0 spiro atoms. The Balaban J connectivity index is 1.37. The Bertz CT molecular complexity index is 1840. The monoisotopic (exact) mass is 629 g/mol. The highest BCUT2D eigenvalue weighted by Crippen LogP contribution is 2.37. The minimum Gasteiger partial charge on any atom is -0.488 e. The third-order valence-electron chi connectivity index (χ3n) is 7.53. The van der Waals surface area contributed by atoms with Gasteiger partial charge in [0.2, 0.25) is 0 Å². The molecule has 234 valence electrons. The van der Waals surface area contributed by atoms with Crippen molar-refractivity contribution in [2.24, 2.45) is 0 Å². The van der Waals surface area contributed by atoms with Crippen LogP contribution in [-0.2, 0) is 29.9 Å². The highest BCUT2D eigenvalue weighted by Gasteiger charge is 2.17. The number of rotatable bonds is 12. The fourth-order valence-electron chi connectivity index (χ4n) is 5.09. The molecule has 11 heteroatoms. The number of benzene rings is 3. The fourth-order valence-corrected chi connectivity index (χ4v) is 5.63. The van der Waals surface area contributed by atoms with Gasteiger partial charge in [-0.25, -0.2) is 0 Å². The Morgan fingerprint density at radius 1 is 0.956 bits per heavy atom. The van der Waals surface area contributed by atoms with Crippen molar-refractivity contribution in [1.29, 1.82) is 5.26 Å².